The highest BCUT2D eigenvalue weighted by molar-refractivity contribution is 5.85. The van der Waals surface area contributed by atoms with Crippen molar-refractivity contribution in [2.24, 2.45) is 0 Å². The first-order chi connectivity index (χ1) is 17.9. The number of fused-ring (bicyclic) bond motifs is 1. The minimum Gasteiger partial charge on any atom is -0.444 e. The monoisotopic (exact) mass is 488 g/mol. The van der Waals surface area contributed by atoms with Crippen molar-refractivity contribution in [3.63, 3.8) is 0 Å². The minimum atomic E-state index is 0.793. The molecule has 2 aromatic carbocycles. The molecule has 0 unspecified atom stereocenters. The SMILES string of the molecule is CCCCCCCCCCCCCCCCCCOc1c2ccccc2cc[n+]1Cc1ccccc1. The van der Waals surface area contributed by atoms with Crippen LogP contribution in [0.2, 0.25) is 0 Å². The van der Waals surface area contributed by atoms with Gasteiger partial charge < -0.3 is 4.74 Å². The molecule has 2 nitrogen and oxygen atoms in total. The van der Waals surface area contributed by atoms with E-state index in [9.17, 15) is 0 Å². The Hall–Kier alpha value is -2.35. The average molecular weight is 489 g/mol. The van der Waals surface area contributed by atoms with Crippen molar-refractivity contribution in [2.75, 3.05) is 6.61 Å². The Morgan fingerprint density at radius 2 is 1.08 bits per heavy atom. The minimum absolute atomic E-state index is 0.793. The zero-order valence-electron chi connectivity index (χ0n) is 22.9. The summed E-state index contributed by atoms with van der Waals surface area (Å²) in [5, 5.41) is 2.44. The fraction of sp³-hybridized carbons (Fsp3) is 0.559. The van der Waals surface area contributed by atoms with E-state index in [0.29, 0.717) is 0 Å². The summed E-state index contributed by atoms with van der Waals surface area (Å²) in [6, 6.07) is 21.4. The number of hydrogen-bond donors (Lipinski definition) is 0. The van der Waals surface area contributed by atoms with Crippen LogP contribution in [0.1, 0.15) is 115 Å². The third-order valence-corrected chi connectivity index (χ3v) is 7.32. The zero-order valence-corrected chi connectivity index (χ0v) is 22.9. The molecule has 0 aliphatic carbocycles. The molecule has 0 atom stereocenters. The summed E-state index contributed by atoms with van der Waals surface area (Å²) < 4.78 is 8.66. The van der Waals surface area contributed by atoms with Crippen molar-refractivity contribution < 1.29 is 9.30 Å². The number of rotatable bonds is 20. The predicted molar refractivity (Wildman–Crippen MR) is 155 cm³/mol. The lowest BCUT2D eigenvalue weighted by Gasteiger charge is -2.09. The number of nitrogens with zero attached hydrogens (tertiary/aromatic N) is 1. The lowest BCUT2D eigenvalue weighted by atomic mass is 10.0. The van der Waals surface area contributed by atoms with Gasteiger partial charge in [-0.2, -0.15) is 4.57 Å². The van der Waals surface area contributed by atoms with Gasteiger partial charge in [0.1, 0.15) is 0 Å². The van der Waals surface area contributed by atoms with E-state index in [0.717, 1.165) is 25.5 Å². The number of unbranched alkanes of at least 4 members (excludes halogenated alkanes) is 15. The number of aromatic nitrogens is 1. The molecule has 0 fully saturated rings. The van der Waals surface area contributed by atoms with Crippen molar-refractivity contribution >= 4 is 10.8 Å². The Labute approximate surface area is 221 Å². The van der Waals surface area contributed by atoms with Crippen molar-refractivity contribution in [1.29, 1.82) is 0 Å². The smallest absolute Gasteiger partial charge is 0.376 e. The summed E-state index contributed by atoms with van der Waals surface area (Å²) in [5.41, 5.74) is 1.30. The van der Waals surface area contributed by atoms with Gasteiger partial charge in [0.25, 0.3) is 0 Å². The van der Waals surface area contributed by atoms with Gasteiger partial charge in [-0.3, -0.25) is 0 Å². The summed E-state index contributed by atoms with van der Waals surface area (Å²) in [5.74, 6) is 0.998. The van der Waals surface area contributed by atoms with Crippen molar-refractivity contribution in [3.05, 3.63) is 72.4 Å². The average Bonchev–Trinajstić information content (AvgIpc) is 2.92. The van der Waals surface area contributed by atoms with Crippen LogP contribution in [-0.2, 0) is 6.54 Å². The molecule has 0 saturated carbocycles. The van der Waals surface area contributed by atoms with Crippen LogP contribution < -0.4 is 9.30 Å². The molecular weight excluding hydrogens is 438 g/mol. The maximum atomic E-state index is 6.40. The second-order valence-electron chi connectivity index (χ2n) is 10.5. The second kappa shape index (κ2) is 18.0. The van der Waals surface area contributed by atoms with Crippen molar-refractivity contribution in [3.8, 4) is 5.88 Å². The van der Waals surface area contributed by atoms with Crippen LogP contribution in [-0.4, -0.2) is 6.61 Å². The van der Waals surface area contributed by atoms with Crippen LogP contribution in [0.4, 0.5) is 0 Å². The first-order valence-corrected chi connectivity index (χ1v) is 15.0. The third kappa shape index (κ3) is 10.7. The highest BCUT2D eigenvalue weighted by Gasteiger charge is 2.17. The predicted octanol–water partition coefficient (Wildman–Crippen LogP) is 9.82. The summed E-state index contributed by atoms with van der Waals surface area (Å²) >= 11 is 0. The number of benzene rings is 2. The molecule has 3 rings (SSSR count). The molecule has 0 amide bonds. The second-order valence-corrected chi connectivity index (χ2v) is 10.5. The van der Waals surface area contributed by atoms with Crippen molar-refractivity contribution in [2.45, 2.75) is 116 Å². The molecule has 36 heavy (non-hydrogen) atoms. The number of hydrogen-bond acceptors (Lipinski definition) is 1. The summed E-state index contributed by atoms with van der Waals surface area (Å²) in [4.78, 5) is 0. The molecule has 1 heterocycles. The third-order valence-electron chi connectivity index (χ3n) is 7.32. The van der Waals surface area contributed by atoms with Crippen LogP contribution in [0.5, 0.6) is 5.88 Å². The number of pyridine rings is 1. The first kappa shape index (κ1) is 28.2. The molecule has 0 spiro atoms. The van der Waals surface area contributed by atoms with Crippen LogP contribution in [0.25, 0.3) is 10.8 Å². The van der Waals surface area contributed by atoms with E-state index in [2.05, 4.69) is 78.4 Å². The molecule has 3 aromatic rings. The quantitative estimate of drug-likeness (QED) is 0.114. The molecule has 0 aliphatic rings. The van der Waals surface area contributed by atoms with Gasteiger partial charge in [0, 0.05) is 11.6 Å². The van der Waals surface area contributed by atoms with E-state index in [1.54, 1.807) is 0 Å². The standard InChI is InChI=1S/C34H50NO/c1-2-3-4-5-6-7-8-9-10-11-12-13-14-15-16-22-29-36-34-33-26-21-20-25-32(33)27-28-35(34)30-31-23-18-17-19-24-31/h17-21,23-28H,2-16,22,29-30H2,1H3/q+1. The summed E-state index contributed by atoms with van der Waals surface area (Å²) in [6.45, 7) is 3.92. The van der Waals surface area contributed by atoms with Gasteiger partial charge in [0.05, 0.1) is 12.0 Å². The highest BCUT2D eigenvalue weighted by atomic mass is 16.5. The van der Waals surface area contributed by atoms with Gasteiger partial charge in [-0.15, -0.1) is 0 Å². The molecule has 0 N–H and O–H groups in total. The molecular formula is C34H50NO+. The maximum Gasteiger partial charge on any atom is 0.376 e. The van der Waals surface area contributed by atoms with Gasteiger partial charge in [0.15, 0.2) is 12.7 Å². The lowest BCUT2D eigenvalue weighted by molar-refractivity contribution is -0.692. The van der Waals surface area contributed by atoms with Gasteiger partial charge >= 0.3 is 5.88 Å². The van der Waals surface area contributed by atoms with E-state index in [1.807, 2.05) is 0 Å². The van der Waals surface area contributed by atoms with Crippen LogP contribution in [0.3, 0.4) is 0 Å². The largest absolute Gasteiger partial charge is 0.444 e. The Morgan fingerprint density at radius 3 is 1.69 bits per heavy atom. The Morgan fingerprint density at radius 1 is 0.556 bits per heavy atom. The van der Waals surface area contributed by atoms with Crippen LogP contribution in [0.15, 0.2) is 66.9 Å². The fourth-order valence-electron chi connectivity index (χ4n) is 5.11. The van der Waals surface area contributed by atoms with Crippen LogP contribution in [0, 0.1) is 0 Å². The molecule has 2 heteroatoms. The van der Waals surface area contributed by atoms with Crippen molar-refractivity contribution in [1.82, 2.24) is 0 Å². The maximum absolute atomic E-state index is 6.40. The van der Waals surface area contributed by atoms with E-state index >= 15 is 0 Å². The fourth-order valence-corrected chi connectivity index (χ4v) is 5.11. The Balaban J connectivity index is 1.27. The topological polar surface area (TPSA) is 13.1 Å². The molecule has 196 valence electrons. The van der Waals surface area contributed by atoms with E-state index in [4.69, 9.17) is 4.74 Å². The number of ether oxygens (including phenoxy) is 1. The van der Waals surface area contributed by atoms with Gasteiger partial charge in [-0.1, -0.05) is 152 Å². The van der Waals surface area contributed by atoms with E-state index in [-0.39, 0.29) is 0 Å². The van der Waals surface area contributed by atoms with E-state index in [1.165, 1.54) is 113 Å². The Kier molecular flexibility index (Phi) is 14.1. The summed E-state index contributed by atoms with van der Waals surface area (Å²) in [6.07, 6.45) is 24.5. The van der Waals surface area contributed by atoms with Gasteiger partial charge in [-0.05, 0) is 17.9 Å². The molecule has 0 saturated heterocycles. The molecule has 0 radical (unpaired) electrons. The molecule has 1 aromatic heterocycles. The van der Waals surface area contributed by atoms with Crippen LogP contribution >= 0.6 is 0 Å². The first-order valence-electron chi connectivity index (χ1n) is 15.0. The zero-order chi connectivity index (χ0) is 25.1. The lowest BCUT2D eigenvalue weighted by Crippen LogP contribution is -2.36. The van der Waals surface area contributed by atoms with Gasteiger partial charge in [0.2, 0.25) is 0 Å². The highest BCUT2D eigenvalue weighted by Crippen LogP contribution is 2.22. The Bertz CT molecular complexity index is 952. The molecule has 0 aliphatic heterocycles. The molecule has 0 bridgehead atoms. The van der Waals surface area contributed by atoms with E-state index < -0.39 is 0 Å². The summed E-state index contributed by atoms with van der Waals surface area (Å²) in [7, 11) is 0. The van der Waals surface area contributed by atoms with Gasteiger partial charge in [-0.25, -0.2) is 0 Å². The normalized spacial score (nSPS) is 11.2.